The van der Waals surface area contributed by atoms with E-state index in [0.717, 1.165) is 19.3 Å². The Morgan fingerprint density at radius 1 is 1.57 bits per heavy atom. The van der Waals surface area contributed by atoms with Crippen LogP contribution in [0.25, 0.3) is 0 Å². The van der Waals surface area contributed by atoms with Gasteiger partial charge in [-0.15, -0.1) is 0 Å². The summed E-state index contributed by atoms with van der Waals surface area (Å²) in [6.45, 7) is 4.23. The normalized spacial score (nSPS) is 20.4. The zero-order valence-corrected chi connectivity index (χ0v) is 9.12. The number of carboxylic acids is 1. The van der Waals surface area contributed by atoms with Gasteiger partial charge in [0.15, 0.2) is 0 Å². The van der Waals surface area contributed by atoms with Crippen molar-refractivity contribution in [3.63, 3.8) is 0 Å². The highest BCUT2D eigenvalue weighted by Crippen LogP contribution is 2.33. The van der Waals surface area contributed by atoms with Crippen LogP contribution in [-0.2, 0) is 4.79 Å². The minimum absolute atomic E-state index is 0.304. The smallest absolute Gasteiger partial charge is 0.320 e. The third-order valence-electron chi connectivity index (χ3n) is 2.81. The molecule has 0 aromatic rings. The lowest BCUT2D eigenvalue weighted by molar-refractivity contribution is -0.140. The van der Waals surface area contributed by atoms with Crippen molar-refractivity contribution >= 4 is 5.97 Å². The van der Waals surface area contributed by atoms with E-state index < -0.39 is 5.97 Å². The molecular formula is C11H21NO2. The second-order valence-electron chi connectivity index (χ2n) is 4.36. The van der Waals surface area contributed by atoms with Crippen molar-refractivity contribution in [1.29, 1.82) is 0 Å². The summed E-state index contributed by atoms with van der Waals surface area (Å²) in [4.78, 5) is 10.9. The Bertz CT molecular complexity index is 190. The van der Waals surface area contributed by atoms with Gasteiger partial charge < -0.3 is 10.4 Å². The Balaban J connectivity index is 2.27. The van der Waals surface area contributed by atoms with Gasteiger partial charge in [-0.25, -0.2) is 0 Å². The van der Waals surface area contributed by atoms with Crippen molar-refractivity contribution in [3.8, 4) is 0 Å². The number of nitrogens with one attached hydrogen (secondary N) is 1. The first-order valence-electron chi connectivity index (χ1n) is 5.64. The molecule has 2 N–H and O–H groups in total. The van der Waals surface area contributed by atoms with Crippen molar-refractivity contribution in [2.24, 2.45) is 5.92 Å². The molecule has 0 spiro atoms. The van der Waals surface area contributed by atoms with Crippen molar-refractivity contribution in [2.75, 3.05) is 0 Å². The minimum Gasteiger partial charge on any atom is -0.480 e. The molecule has 1 saturated carbocycles. The van der Waals surface area contributed by atoms with Crippen LogP contribution in [0.1, 0.15) is 46.0 Å². The highest BCUT2D eigenvalue weighted by Gasteiger charge is 2.36. The molecule has 3 heteroatoms. The molecule has 2 unspecified atom stereocenters. The highest BCUT2D eigenvalue weighted by atomic mass is 16.4. The van der Waals surface area contributed by atoms with Crippen molar-refractivity contribution in [1.82, 2.24) is 5.32 Å². The summed E-state index contributed by atoms with van der Waals surface area (Å²) >= 11 is 0. The Labute approximate surface area is 85.9 Å². The first-order valence-corrected chi connectivity index (χ1v) is 5.64. The van der Waals surface area contributed by atoms with E-state index in [2.05, 4.69) is 19.2 Å². The molecular weight excluding hydrogens is 178 g/mol. The Morgan fingerprint density at radius 2 is 2.21 bits per heavy atom. The lowest BCUT2D eigenvalue weighted by atomic mass is 10.1. The fourth-order valence-corrected chi connectivity index (χ4v) is 1.74. The third-order valence-corrected chi connectivity index (χ3v) is 2.81. The third kappa shape index (κ3) is 3.66. The van der Waals surface area contributed by atoms with Crippen LogP contribution in [0, 0.1) is 5.92 Å². The number of hydrogen-bond acceptors (Lipinski definition) is 2. The maximum Gasteiger partial charge on any atom is 0.320 e. The van der Waals surface area contributed by atoms with Crippen molar-refractivity contribution in [3.05, 3.63) is 0 Å². The molecule has 1 fully saturated rings. The summed E-state index contributed by atoms with van der Waals surface area (Å²) < 4.78 is 0. The molecule has 2 atom stereocenters. The van der Waals surface area contributed by atoms with Gasteiger partial charge in [-0.05, 0) is 32.1 Å². The average Bonchev–Trinajstić information content (AvgIpc) is 2.93. The van der Waals surface area contributed by atoms with Crippen molar-refractivity contribution in [2.45, 2.75) is 58.0 Å². The summed E-state index contributed by atoms with van der Waals surface area (Å²) in [5.74, 6) is -0.299. The number of carboxylic acid groups (broad SMARTS) is 1. The molecule has 1 aliphatic carbocycles. The molecule has 0 radical (unpaired) electrons. The van der Waals surface area contributed by atoms with Gasteiger partial charge in [0.25, 0.3) is 0 Å². The minimum atomic E-state index is -0.684. The lowest BCUT2D eigenvalue weighted by Gasteiger charge is -2.19. The summed E-state index contributed by atoms with van der Waals surface area (Å²) in [6, 6.07) is 0.0264. The molecule has 1 aliphatic rings. The number of carbonyl (C=O) groups is 1. The molecule has 0 aromatic carbocycles. The Kier molecular flexibility index (Phi) is 4.39. The summed E-state index contributed by atoms with van der Waals surface area (Å²) in [7, 11) is 0. The average molecular weight is 199 g/mol. The number of hydrogen-bond donors (Lipinski definition) is 2. The molecule has 0 bridgehead atoms. The molecule has 0 amide bonds. The predicted octanol–water partition coefficient (Wildman–Crippen LogP) is 2.02. The number of aliphatic carboxylic acids is 1. The summed E-state index contributed by atoms with van der Waals surface area (Å²) in [6.07, 6.45) is 5.57. The topological polar surface area (TPSA) is 49.3 Å². The number of rotatable bonds is 7. The van der Waals surface area contributed by atoms with Gasteiger partial charge in [0.1, 0.15) is 6.04 Å². The van der Waals surface area contributed by atoms with Gasteiger partial charge in [-0.2, -0.15) is 0 Å². The molecule has 3 nitrogen and oxygen atoms in total. The van der Waals surface area contributed by atoms with Crippen LogP contribution in [0.4, 0.5) is 0 Å². The van der Waals surface area contributed by atoms with Crippen LogP contribution in [-0.4, -0.2) is 23.2 Å². The monoisotopic (exact) mass is 199 g/mol. The van der Waals surface area contributed by atoms with Crippen LogP contribution in [0.3, 0.4) is 0 Å². The second-order valence-corrected chi connectivity index (χ2v) is 4.36. The van der Waals surface area contributed by atoms with Crippen LogP contribution < -0.4 is 5.32 Å². The van der Waals surface area contributed by atoms with E-state index >= 15 is 0 Å². The Hall–Kier alpha value is -0.570. The fourth-order valence-electron chi connectivity index (χ4n) is 1.74. The quantitative estimate of drug-likeness (QED) is 0.659. The molecule has 0 saturated heterocycles. The zero-order valence-electron chi connectivity index (χ0n) is 9.12. The molecule has 0 aliphatic heterocycles. The maximum atomic E-state index is 10.9. The van der Waals surface area contributed by atoms with Gasteiger partial charge in [0.2, 0.25) is 0 Å². The molecule has 82 valence electrons. The van der Waals surface area contributed by atoms with Crippen LogP contribution in [0.2, 0.25) is 0 Å². The van der Waals surface area contributed by atoms with Gasteiger partial charge >= 0.3 is 5.97 Å². The largest absolute Gasteiger partial charge is 0.480 e. The van der Waals surface area contributed by atoms with E-state index in [-0.39, 0.29) is 6.04 Å². The van der Waals surface area contributed by atoms with Gasteiger partial charge in [-0.3, -0.25) is 4.79 Å². The Morgan fingerprint density at radius 3 is 2.64 bits per heavy atom. The van der Waals surface area contributed by atoms with Crippen LogP contribution in [0.5, 0.6) is 0 Å². The van der Waals surface area contributed by atoms with Gasteiger partial charge in [-0.1, -0.05) is 19.8 Å². The van der Waals surface area contributed by atoms with E-state index in [1.165, 1.54) is 12.8 Å². The van der Waals surface area contributed by atoms with E-state index in [9.17, 15) is 4.79 Å². The lowest BCUT2D eigenvalue weighted by Crippen LogP contribution is -2.43. The summed E-state index contributed by atoms with van der Waals surface area (Å²) in [5.41, 5.74) is 0. The zero-order chi connectivity index (χ0) is 10.6. The maximum absolute atomic E-state index is 10.9. The molecule has 1 rings (SSSR count). The molecule has 0 aromatic heterocycles. The first kappa shape index (κ1) is 11.5. The highest BCUT2D eigenvalue weighted by molar-refractivity contribution is 5.74. The van der Waals surface area contributed by atoms with Crippen LogP contribution >= 0.6 is 0 Å². The van der Waals surface area contributed by atoms with Crippen LogP contribution in [0.15, 0.2) is 0 Å². The van der Waals surface area contributed by atoms with E-state index in [1.807, 2.05) is 0 Å². The number of unbranched alkanes of at least 4 members (excludes halogenated alkanes) is 1. The van der Waals surface area contributed by atoms with Gasteiger partial charge in [0.05, 0.1) is 0 Å². The SMILES string of the molecule is CCCCC(C)NC(C(=O)O)C1CC1. The second kappa shape index (κ2) is 5.35. The van der Waals surface area contributed by atoms with E-state index in [1.54, 1.807) is 0 Å². The van der Waals surface area contributed by atoms with Gasteiger partial charge in [0, 0.05) is 6.04 Å². The first-order chi connectivity index (χ1) is 6.65. The standard InChI is InChI=1S/C11H21NO2/c1-3-4-5-8(2)12-10(11(13)14)9-6-7-9/h8-10,12H,3-7H2,1-2H3,(H,13,14). The van der Waals surface area contributed by atoms with Crippen molar-refractivity contribution < 1.29 is 9.90 Å². The fraction of sp³-hybridized carbons (Fsp3) is 0.909. The predicted molar refractivity (Wildman–Crippen MR) is 56.3 cm³/mol. The molecule has 0 heterocycles. The van der Waals surface area contributed by atoms with E-state index in [4.69, 9.17) is 5.11 Å². The summed E-state index contributed by atoms with van der Waals surface area (Å²) in [5, 5.41) is 12.2. The van der Waals surface area contributed by atoms with E-state index in [0.29, 0.717) is 12.0 Å². The molecule has 14 heavy (non-hydrogen) atoms.